The molecule has 0 amide bonds. The minimum Gasteiger partial charge on any atom is -0.389 e. The number of hydrogen-bond donors (Lipinski definition) is 1. The van der Waals surface area contributed by atoms with Crippen molar-refractivity contribution in [1.82, 2.24) is 0 Å². The molecule has 1 N–H and O–H groups in total. The second-order valence-electron chi connectivity index (χ2n) is 3.42. The van der Waals surface area contributed by atoms with Crippen LogP contribution in [0.15, 0.2) is 0 Å². The van der Waals surface area contributed by atoms with Crippen molar-refractivity contribution in [2.24, 2.45) is 5.92 Å². The van der Waals surface area contributed by atoms with Crippen LogP contribution < -0.4 is 0 Å². The zero-order chi connectivity index (χ0) is 8.91. The van der Waals surface area contributed by atoms with Crippen molar-refractivity contribution in [2.45, 2.75) is 45.6 Å². The molecule has 0 radical (unpaired) electrons. The Labute approximate surface area is 68.6 Å². The number of hydrogen-bond acceptors (Lipinski definition) is 2. The van der Waals surface area contributed by atoms with Crippen LogP contribution in [0.5, 0.6) is 0 Å². The first-order valence-corrected chi connectivity index (χ1v) is 4.20. The molecule has 0 aromatic carbocycles. The van der Waals surface area contributed by atoms with E-state index in [4.69, 9.17) is 0 Å². The predicted octanol–water partition coefficient (Wildman–Crippen LogP) is 1.76. The lowest BCUT2D eigenvalue weighted by Crippen LogP contribution is -2.33. The fourth-order valence-corrected chi connectivity index (χ4v) is 1.11. The monoisotopic (exact) mass is 158 g/mol. The Morgan fingerprint density at radius 3 is 2.55 bits per heavy atom. The molecular formula is C9H18O2. The summed E-state index contributed by atoms with van der Waals surface area (Å²) in [6.45, 7) is 5.78. The van der Waals surface area contributed by atoms with E-state index in [-0.39, 0.29) is 12.3 Å². The highest BCUT2D eigenvalue weighted by molar-refractivity contribution is 5.51. The molecular weight excluding hydrogens is 140 g/mol. The molecule has 0 fully saturated rings. The Balaban J connectivity index is 3.93. The SMILES string of the molecule is CCCC(C)C(C)(O)CC=O. The van der Waals surface area contributed by atoms with Crippen molar-refractivity contribution in [2.75, 3.05) is 0 Å². The first kappa shape index (κ1) is 10.6. The van der Waals surface area contributed by atoms with Crippen LogP contribution in [-0.2, 0) is 4.79 Å². The summed E-state index contributed by atoms with van der Waals surface area (Å²) < 4.78 is 0. The first-order valence-electron chi connectivity index (χ1n) is 4.20. The van der Waals surface area contributed by atoms with E-state index in [0.717, 1.165) is 19.1 Å². The lowest BCUT2D eigenvalue weighted by molar-refractivity contribution is -0.113. The standard InChI is InChI=1S/C9H18O2/c1-4-5-8(2)9(3,11)6-7-10/h7-8,11H,4-6H2,1-3H3. The summed E-state index contributed by atoms with van der Waals surface area (Å²) in [5, 5.41) is 9.68. The quantitative estimate of drug-likeness (QED) is 0.619. The van der Waals surface area contributed by atoms with E-state index in [0.29, 0.717) is 0 Å². The number of carbonyl (C=O) groups excluding carboxylic acids is 1. The molecule has 2 unspecified atom stereocenters. The van der Waals surface area contributed by atoms with Gasteiger partial charge < -0.3 is 9.90 Å². The summed E-state index contributed by atoms with van der Waals surface area (Å²) in [4.78, 5) is 10.2. The molecule has 0 rings (SSSR count). The average Bonchev–Trinajstić information content (AvgIpc) is 1.88. The minimum absolute atomic E-state index is 0.206. The molecule has 0 aromatic rings. The summed E-state index contributed by atoms with van der Waals surface area (Å²) in [6.07, 6.45) is 3.05. The van der Waals surface area contributed by atoms with E-state index < -0.39 is 5.60 Å². The van der Waals surface area contributed by atoms with Gasteiger partial charge in [0.2, 0.25) is 0 Å². The van der Waals surface area contributed by atoms with Crippen LogP contribution in [0.3, 0.4) is 0 Å². The van der Waals surface area contributed by atoms with Crippen molar-refractivity contribution >= 4 is 6.29 Å². The Kier molecular flexibility index (Phi) is 4.34. The Morgan fingerprint density at radius 1 is 1.64 bits per heavy atom. The predicted molar refractivity (Wildman–Crippen MR) is 45.4 cm³/mol. The molecule has 2 atom stereocenters. The van der Waals surface area contributed by atoms with Crippen molar-refractivity contribution < 1.29 is 9.90 Å². The van der Waals surface area contributed by atoms with Gasteiger partial charge in [0.05, 0.1) is 5.60 Å². The largest absolute Gasteiger partial charge is 0.389 e. The van der Waals surface area contributed by atoms with Crippen molar-refractivity contribution in [3.8, 4) is 0 Å². The Bertz CT molecular complexity index is 119. The van der Waals surface area contributed by atoms with Crippen molar-refractivity contribution in [1.29, 1.82) is 0 Å². The second-order valence-corrected chi connectivity index (χ2v) is 3.42. The minimum atomic E-state index is -0.808. The number of rotatable bonds is 5. The second kappa shape index (κ2) is 4.50. The van der Waals surface area contributed by atoms with E-state index in [2.05, 4.69) is 6.92 Å². The Hall–Kier alpha value is -0.370. The molecule has 0 aliphatic carbocycles. The van der Waals surface area contributed by atoms with Crippen LogP contribution in [0.4, 0.5) is 0 Å². The third kappa shape index (κ3) is 3.51. The third-order valence-electron chi connectivity index (χ3n) is 2.28. The molecule has 0 spiro atoms. The summed E-state index contributed by atoms with van der Waals surface area (Å²) in [7, 11) is 0. The van der Waals surface area contributed by atoms with E-state index in [1.807, 2.05) is 6.92 Å². The smallest absolute Gasteiger partial charge is 0.122 e. The molecule has 0 aliphatic rings. The zero-order valence-electron chi connectivity index (χ0n) is 7.63. The van der Waals surface area contributed by atoms with Gasteiger partial charge in [0.1, 0.15) is 6.29 Å². The van der Waals surface area contributed by atoms with E-state index >= 15 is 0 Å². The normalized spacial score (nSPS) is 18.9. The number of aliphatic hydroxyl groups is 1. The highest BCUT2D eigenvalue weighted by Gasteiger charge is 2.26. The lowest BCUT2D eigenvalue weighted by Gasteiger charge is -2.27. The van der Waals surface area contributed by atoms with Gasteiger partial charge in [0.15, 0.2) is 0 Å². The fraction of sp³-hybridized carbons (Fsp3) is 0.889. The zero-order valence-corrected chi connectivity index (χ0v) is 7.63. The van der Waals surface area contributed by atoms with Crippen molar-refractivity contribution in [3.05, 3.63) is 0 Å². The van der Waals surface area contributed by atoms with Gasteiger partial charge in [-0.05, 0) is 19.3 Å². The number of carbonyl (C=O) groups is 1. The molecule has 11 heavy (non-hydrogen) atoms. The van der Waals surface area contributed by atoms with E-state index in [9.17, 15) is 9.90 Å². The van der Waals surface area contributed by atoms with Crippen LogP contribution in [0.2, 0.25) is 0 Å². The van der Waals surface area contributed by atoms with Gasteiger partial charge in [-0.1, -0.05) is 20.3 Å². The maximum absolute atomic E-state index is 10.2. The molecule has 0 aliphatic heterocycles. The first-order chi connectivity index (χ1) is 5.04. The molecule has 2 heteroatoms. The van der Waals surface area contributed by atoms with E-state index in [1.165, 1.54) is 0 Å². The van der Waals surface area contributed by atoms with Gasteiger partial charge in [0.25, 0.3) is 0 Å². The molecule has 0 saturated heterocycles. The molecule has 0 bridgehead atoms. The molecule has 2 nitrogen and oxygen atoms in total. The maximum atomic E-state index is 10.2. The van der Waals surface area contributed by atoms with Crippen LogP contribution in [0, 0.1) is 5.92 Å². The van der Waals surface area contributed by atoms with Gasteiger partial charge >= 0.3 is 0 Å². The maximum Gasteiger partial charge on any atom is 0.122 e. The van der Waals surface area contributed by atoms with Gasteiger partial charge in [-0.2, -0.15) is 0 Å². The Morgan fingerprint density at radius 2 is 2.18 bits per heavy atom. The van der Waals surface area contributed by atoms with Gasteiger partial charge in [-0.3, -0.25) is 0 Å². The molecule has 0 aromatic heterocycles. The average molecular weight is 158 g/mol. The summed E-state index contributed by atoms with van der Waals surface area (Å²) in [6, 6.07) is 0. The van der Waals surface area contributed by atoms with Crippen molar-refractivity contribution in [3.63, 3.8) is 0 Å². The lowest BCUT2D eigenvalue weighted by atomic mass is 9.85. The topological polar surface area (TPSA) is 37.3 Å². The van der Waals surface area contributed by atoms with Crippen LogP contribution in [0.25, 0.3) is 0 Å². The highest BCUT2D eigenvalue weighted by Crippen LogP contribution is 2.23. The van der Waals surface area contributed by atoms with Gasteiger partial charge in [-0.25, -0.2) is 0 Å². The van der Waals surface area contributed by atoms with Gasteiger partial charge in [-0.15, -0.1) is 0 Å². The molecule has 66 valence electrons. The highest BCUT2D eigenvalue weighted by atomic mass is 16.3. The summed E-state index contributed by atoms with van der Waals surface area (Å²) >= 11 is 0. The van der Waals surface area contributed by atoms with Crippen LogP contribution in [-0.4, -0.2) is 17.0 Å². The van der Waals surface area contributed by atoms with Crippen LogP contribution >= 0.6 is 0 Å². The van der Waals surface area contributed by atoms with Crippen LogP contribution in [0.1, 0.15) is 40.0 Å². The van der Waals surface area contributed by atoms with Gasteiger partial charge in [0, 0.05) is 6.42 Å². The molecule has 0 saturated carbocycles. The summed E-state index contributed by atoms with van der Waals surface area (Å²) in [5.74, 6) is 0.206. The van der Waals surface area contributed by atoms with E-state index in [1.54, 1.807) is 6.92 Å². The molecule has 0 heterocycles. The third-order valence-corrected chi connectivity index (χ3v) is 2.28. The summed E-state index contributed by atoms with van der Waals surface area (Å²) in [5.41, 5.74) is -0.808. The fourth-order valence-electron chi connectivity index (χ4n) is 1.11. The number of aldehydes is 1.